The van der Waals surface area contributed by atoms with E-state index in [1.807, 2.05) is 60.8 Å². The summed E-state index contributed by atoms with van der Waals surface area (Å²) in [4.78, 5) is 19.9. The predicted octanol–water partition coefficient (Wildman–Crippen LogP) is 5.59. The maximum Gasteiger partial charge on any atom is 0.259 e. The summed E-state index contributed by atoms with van der Waals surface area (Å²) in [6.45, 7) is 0. The van der Waals surface area contributed by atoms with Crippen LogP contribution in [0.3, 0.4) is 0 Å². The summed E-state index contributed by atoms with van der Waals surface area (Å²) in [5.41, 5.74) is 2.97. The molecule has 0 amide bonds. The predicted molar refractivity (Wildman–Crippen MR) is 141 cm³/mol. The lowest BCUT2D eigenvalue weighted by Gasteiger charge is -2.02. The van der Waals surface area contributed by atoms with Crippen LogP contribution in [0.4, 0.5) is 0 Å². The third kappa shape index (κ3) is 3.94. The Morgan fingerprint density at radius 1 is 1.08 bits per heavy atom. The van der Waals surface area contributed by atoms with Crippen LogP contribution in [0.2, 0.25) is 0 Å². The van der Waals surface area contributed by atoms with Gasteiger partial charge in [-0.3, -0.25) is 4.79 Å². The summed E-state index contributed by atoms with van der Waals surface area (Å²) >= 11 is 0. The number of aromatic amines is 1. The van der Waals surface area contributed by atoms with Gasteiger partial charge in [0.15, 0.2) is 22.9 Å². The van der Waals surface area contributed by atoms with Gasteiger partial charge in [-0.05, 0) is 42.5 Å². The summed E-state index contributed by atoms with van der Waals surface area (Å²) < 4.78 is 13.3. The fourth-order valence-electron chi connectivity index (χ4n) is 4.23. The van der Waals surface area contributed by atoms with Crippen molar-refractivity contribution in [2.24, 2.45) is 0 Å². The third-order valence-electron chi connectivity index (χ3n) is 6.01. The van der Waals surface area contributed by atoms with Crippen molar-refractivity contribution in [1.29, 1.82) is 5.26 Å². The number of H-pyrrole nitrogens is 1. The number of allylic oxidation sites excluding steroid dienone is 1. The van der Waals surface area contributed by atoms with Crippen LogP contribution in [-0.4, -0.2) is 26.9 Å². The minimum atomic E-state index is -0.314. The molecule has 0 saturated heterocycles. The van der Waals surface area contributed by atoms with Crippen LogP contribution >= 0.6 is 0 Å². The van der Waals surface area contributed by atoms with Gasteiger partial charge in [-0.15, -0.1) is 0 Å². The highest BCUT2D eigenvalue weighted by Gasteiger charge is 2.18. The van der Waals surface area contributed by atoms with Gasteiger partial charge in [0.25, 0.3) is 5.56 Å². The zero-order chi connectivity index (χ0) is 25.4. The molecule has 6 aromatic rings. The van der Waals surface area contributed by atoms with E-state index in [1.54, 1.807) is 42.1 Å². The average molecular weight is 486 g/mol. The quantitative estimate of drug-likeness (QED) is 0.319. The van der Waals surface area contributed by atoms with Gasteiger partial charge in [-0.25, -0.2) is 9.67 Å². The molecule has 6 rings (SSSR count). The van der Waals surface area contributed by atoms with Crippen molar-refractivity contribution in [3.63, 3.8) is 0 Å². The molecule has 0 unspecified atom stereocenters. The van der Waals surface area contributed by atoms with Gasteiger partial charge in [-0.2, -0.15) is 10.4 Å². The smallest absolute Gasteiger partial charge is 0.259 e. The number of hydrogen-bond donors (Lipinski definition) is 1. The number of nitrogens with one attached hydrogen (secondary N) is 1. The van der Waals surface area contributed by atoms with Gasteiger partial charge < -0.3 is 14.1 Å². The Balaban J connectivity index is 1.55. The van der Waals surface area contributed by atoms with Gasteiger partial charge in [0.2, 0.25) is 0 Å². The molecule has 37 heavy (non-hydrogen) atoms. The van der Waals surface area contributed by atoms with Gasteiger partial charge in [0.1, 0.15) is 11.8 Å². The molecule has 178 valence electrons. The van der Waals surface area contributed by atoms with Crippen molar-refractivity contribution in [1.82, 2.24) is 19.7 Å². The van der Waals surface area contributed by atoms with Crippen LogP contribution < -0.4 is 10.3 Å². The zero-order valence-electron chi connectivity index (χ0n) is 19.7. The standard InChI is InChI=1S/C29H19N5O3/c1-36-24-13-7-8-18-15-25(37-27(18)24)26-20(17-34(33-26)21-9-3-2-4-10-21)14-19(16-30)28-31-23-12-6-5-11-22(23)29(35)32-28/h2-15,17H,1H3,(H,31,32,35)/b19-14-. The monoisotopic (exact) mass is 485 g/mol. The molecule has 1 N–H and O–H groups in total. The number of ether oxygens (including phenoxy) is 1. The van der Waals surface area contributed by atoms with Crippen LogP contribution in [-0.2, 0) is 0 Å². The first-order chi connectivity index (χ1) is 18.1. The van der Waals surface area contributed by atoms with Crippen LogP contribution in [0.25, 0.3) is 50.7 Å². The minimum absolute atomic E-state index is 0.177. The van der Waals surface area contributed by atoms with E-state index >= 15 is 0 Å². The van der Waals surface area contributed by atoms with E-state index in [2.05, 4.69) is 16.0 Å². The normalized spacial score (nSPS) is 11.6. The molecule has 8 nitrogen and oxygen atoms in total. The first-order valence-corrected chi connectivity index (χ1v) is 11.5. The van der Waals surface area contributed by atoms with Crippen molar-refractivity contribution < 1.29 is 9.15 Å². The molecule has 0 radical (unpaired) electrons. The number of hydrogen-bond acceptors (Lipinski definition) is 6. The Kier molecular flexibility index (Phi) is 5.36. The lowest BCUT2D eigenvalue weighted by atomic mass is 10.1. The lowest BCUT2D eigenvalue weighted by molar-refractivity contribution is 0.411. The van der Waals surface area contributed by atoms with Crippen molar-refractivity contribution in [2.45, 2.75) is 0 Å². The minimum Gasteiger partial charge on any atom is -0.493 e. The number of fused-ring (bicyclic) bond motifs is 2. The Hall–Kier alpha value is -5.42. The lowest BCUT2D eigenvalue weighted by Crippen LogP contribution is -2.11. The highest BCUT2D eigenvalue weighted by atomic mass is 16.5. The van der Waals surface area contributed by atoms with Crippen LogP contribution in [0.1, 0.15) is 11.4 Å². The molecular weight excluding hydrogens is 466 g/mol. The van der Waals surface area contributed by atoms with Gasteiger partial charge in [0.05, 0.1) is 29.3 Å². The highest BCUT2D eigenvalue weighted by Crippen LogP contribution is 2.35. The molecule has 0 aliphatic heterocycles. The Bertz CT molecular complexity index is 1910. The topological polar surface area (TPSA) is 110 Å². The van der Waals surface area contributed by atoms with E-state index in [-0.39, 0.29) is 17.0 Å². The average Bonchev–Trinajstić information content (AvgIpc) is 3.56. The maximum atomic E-state index is 12.6. The summed E-state index contributed by atoms with van der Waals surface area (Å²) in [5.74, 6) is 1.30. The summed E-state index contributed by atoms with van der Waals surface area (Å²) in [7, 11) is 1.59. The molecule has 0 atom stereocenters. The van der Waals surface area contributed by atoms with E-state index < -0.39 is 0 Å². The summed E-state index contributed by atoms with van der Waals surface area (Å²) in [6, 6.07) is 26.3. The summed E-state index contributed by atoms with van der Waals surface area (Å²) in [6.07, 6.45) is 3.46. The maximum absolute atomic E-state index is 12.6. The molecule has 0 spiro atoms. The molecule has 3 aromatic carbocycles. The second-order valence-electron chi connectivity index (χ2n) is 8.30. The molecule has 8 heteroatoms. The van der Waals surface area contributed by atoms with E-state index in [0.717, 1.165) is 11.1 Å². The molecule has 3 heterocycles. The molecule has 0 aliphatic rings. The molecule has 0 saturated carbocycles. The highest BCUT2D eigenvalue weighted by molar-refractivity contribution is 5.93. The van der Waals surface area contributed by atoms with Crippen molar-refractivity contribution >= 4 is 33.5 Å². The van der Waals surface area contributed by atoms with E-state index in [4.69, 9.17) is 14.3 Å². The Labute approximate surface area is 210 Å². The fraction of sp³-hybridized carbons (Fsp3) is 0.0345. The molecule has 0 fully saturated rings. The fourth-order valence-corrected chi connectivity index (χ4v) is 4.23. The second-order valence-corrected chi connectivity index (χ2v) is 8.30. The largest absolute Gasteiger partial charge is 0.493 e. The van der Waals surface area contributed by atoms with Gasteiger partial charge in [-0.1, -0.05) is 42.5 Å². The van der Waals surface area contributed by atoms with Gasteiger partial charge >= 0.3 is 0 Å². The zero-order valence-corrected chi connectivity index (χ0v) is 19.7. The van der Waals surface area contributed by atoms with Crippen molar-refractivity contribution in [3.05, 3.63) is 107 Å². The number of aromatic nitrogens is 4. The first-order valence-electron chi connectivity index (χ1n) is 11.5. The van der Waals surface area contributed by atoms with Gasteiger partial charge in [0, 0.05) is 17.1 Å². The number of furan rings is 1. The van der Waals surface area contributed by atoms with Crippen LogP contribution in [0.5, 0.6) is 5.75 Å². The first kappa shape index (κ1) is 22.1. The summed E-state index contributed by atoms with van der Waals surface area (Å²) in [5, 5.41) is 16.1. The Morgan fingerprint density at radius 2 is 1.89 bits per heavy atom. The van der Waals surface area contributed by atoms with Crippen molar-refractivity contribution in [3.8, 4) is 29.0 Å². The SMILES string of the molecule is COc1cccc2cc(-c3nn(-c4ccccc4)cc3/C=C(/C#N)c3nc4ccccc4c(=O)[nH]3)oc12. The molecule has 0 aliphatic carbocycles. The number of para-hydroxylation sites is 3. The molecule has 0 bridgehead atoms. The van der Waals surface area contributed by atoms with E-state index in [1.165, 1.54) is 0 Å². The second kappa shape index (κ2) is 8.98. The van der Waals surface area contributed by atoms with Crippen LogP contribution in [0.15, 0.2) is 94.3 Å². The number of methoxy groups -OCH3 is 1. The number of nitrogens with zero attached hydrogens (tertiary/aromatic N) is 4. The number of nitriles is 1. The number of benzene rings is 3. The molecular formula is C29H19N5O3. The van der Waals surface area contributed by atoms with E-state index in [9.17, 15) is 10.1 Å². The van der Waals surface area contributed by atoms with E-state index in [0.29, 0.717) is 39.3 Å². The Morgan fingerprint density at radius 3 is 2.70 bits per heavy atom. The number of rotatable bonds is 5. The van der Waals surface area contributed by atoms with Crippen molar-refractivity contribution in [2.75, 3.05) is 7.11 Å². The van der Waals surface area contributed by atoms with Crippen LogP contribution in [0, 0.1) is 11.3 Å². The third-order valence-corrected chi connectivity index (χ3v) is 6.01. The molecule has 3 aromatic heterocycles.